The molecule has 1 saturated heterocycles. The van der Waals surface area contributed by atoms with Crippen LogP contribution in [0.2, 0.25) is 0 Å². The lowest BCUT2D eigenvalue weighted by atomic mass is 9.96. The van der Waals surface area contributed by atoms with Crippen LogP contribution in [0.1, 0.15) is 27.7 Å². The number of ether oxygens (including phenoxy) is 3. The Morgan fingerprint density at radius 2 is 1.93 bits per heavy atom. The molecule has 0 aromatic heterocycles. The molecule has 0 radical (unpaired) electrons. The van der Waals surface area contributed by atoms with E-state index in [2.05, 4.69) is 4.79 Å². The molecule has 0 spiro atoms. The van der Waals surface area contributed by atoms with E-state index < -0.39 is 47.3 Å². The van der Waals surface area contributed by atoms with Crippen molar-refractivity contribution >= 4 is 46.9 Å². The van der Waals surface area contributed by atoms with Crippen LogP contribution in [0.3, 0.4) is 0 Å². The van der Waals surface area contributed by atoms with E-state index >= 15 is 0 Å². The molecule has 0 saturated carbocycles. The number of thioether (sulfide) groups is 1. The average molecular weight is 425 g/mol. The average Bonchev–Trinajstić information content (AvgIpc) is 2.67. The molecule has 0 unspecified atom stereocenters. The van der Waals surface area contributed by atoms with Crippen molar-refractivity contribution in [3.63, 3.8) is 0 Å². The van der Waals surface area contributed by atoms with Crippen LogP contribution in [-0.2, 0) is 38.2 Å². The van der Waals surface area contributed by atoms with Gasteiger partial charge in [-0.05, 0) is 32.5 Å². The van der Waals surface area contributed by atoms with Crippen LogP contribution in [0, 0.1) is 11.3 Å². The first kappa shape index (κ1) is 22.3. The predicted molar refractivity (Wildman–Crippen MR) is 96.6 cm³/mol. The molecule has 156 valence electrons. The second-order valence-corrected chi connectivity index (χ2v) is 7.93. The number of carbonyl (C=O) groups excluding carboxylic acids is 5. The Balaban J connectivity index is 2.13. The molecule has 2 aliphatic rings. The number of β-lactam (4-membered cyclic amide) rings is 1. The minimum absolute atomic E-state index is 0.0950. The van der Waals surface area contributed by atoms with Gasteiger partial charge in [0.2, 0.25) is 12.7 Å². The highest BCUT2D eigenvalue weighted by molar-refractivity contribution is 8.14. The number of hydrogen-bond acceptors (Lipinski definition) is 9. The maximum absolute atomic E-state index is 12.5. The molecule has 0 N–H and O–H groups in total. The van der Waals surface area contributed by atoms with Gasteiger partial charge in [-0.15, -0.1) is 0 Å². The van der Waals surface area contributed by atoms with Crippen LogP contribution in [0.25, 0.3) is 5.53 Å². The van der Waals surface area contributed by atoms with E-state index in [4.69, 9.17) is 14.2 Å². The number of amides is 1. The zero-order valence-electron chi connectivity index (χ0n) is 16.2. The van der Waals surface area contributed by atoms with Gasteiger partial charge in [-0.1, -0.05) is 0 Å². The zero-order valence-corrected chi connectivity index (χ0v) is 17.0. The highest BCUT2D eigenvalue weighted by Gasteiger charge is 2.57. The number of hydrogen-bond donors (Lipinski definition) is 0. The Morgan fingerprint density at radius 1 is 1.28 bits per heavy atom. The quantitative estimate of drug-likeness (QED) is 0.106. The Bertz CT molecular complexity index is 859. The molecular weight excluding hydrogens is 406 g/mol. The van der Waals surface area contributed by atoms with Crippen molar-refractivity contribution in [2.24, 2.45) is 11.3 Å². The number of fused-ring (bicyclic) bond motifs is 1. The summed E-state index contributed by atoms with van der Waals surface area (Å²) in [7, 11) is 0. The molecule has 0 bridgehead atoms. The van der Waals surface area contributed by atoms with E-state index in [1.807, 2.05) is 0 Å². The van der Waals surface area contributed by atoms with Crippen molar-refractivity contribution in [2.75, 3.05) is 13.4 Å². The minimum atomic E-state index is -1.40. The lowest BCUT2D eigenvalue weighted by Gasteiger charge is -2.47. The van der Waals surface area contributed by atoms with Crippen LogP contribution in [0.15, 0.2) is 11.3 Å². The SMILES string of the molecule is CC(=O)OC[C@H]1C(=O)N2C(C(=O)OCOC(=O)C(C)(C)C=O)=C(C)C(=[N+]=[N-])S[C@@H]12. The van der Waals surface area contributed by atoms with Gasteiger partial charge in [-0.2, -0.15) is 4.79 Å². The van der Waals surface area contributed by atoms with Crippen LogP contribution in [0.5, 0.6) is 0 Å². The normalized spacial score (nSPS) is 20.9. The summed E-state index contributed by atoms with van der Waals surface area (Å²) in [5, 5.41) is -0.534. The van der Waals surface area contributed by atoms with E-state index in [1.165, 1.54) is 27.7 Å². The fourth-order valence-electron chi connectivity index (χ4n) is 2.53. The Hall–Kier alpha value is -2.98. The third-order valence-corrected chi connectivity index (χ3v) is 5.65. The first-order valence-corrected chi connectivity index (χ1v) is 9.30. The fraction of sp³-hybridized carbons (Fsp3) is 0.529. The fourth-order valence-corrected chi connectivity index (χ4v) is 3.75. The first-order valence-electron chi connectivity index (χ1n) is 8.42. The summed E-state index contributed by atoms with van der Waals surface area (Å²) in [6.45, 7) is 4.39. The molecule has 2 aliphatic heterocycles. The molecule has 1 amide bonds. The Labute approximate surface area is 169 Å². The molecule has 0 aromatic rings. The second-order valence-electron chi connectivity index (χ2n) is 6.83. The standard InChI is InChI=1S/C17H19N3O8S/c1-8-11(15(24)27-7-28-16(25)17(3,4)6-21)20-13(23)10(5-26-9(2)22)14(20)29-12(8)19-18/h6,10,14H,5,7H2,1-4H3/t10-,14-/m0/s1. The summed E-state index contributed by atoms with van der Waals surface area (Å²) in [6, 6.07) is 0. The van der Waals surface area contributed by atoms with Gasteiger partial charge in [0.15, 0.2) is 0 Å². The third-order valence-electron chi connectivity index (χ3n) is 4.25. The number of nitrogens with zero attached hydrogens (tertiary/aromatic N) is 3. The Kier molecular flexibility index (Phi) is 6.60. The summed E-state index contributed by atoms with van der Waals surface area (Å²) in [5.41, 5.74) is 7.84. The number of esters is 3. The summed E-state index contributed by atoms with van der Waals surface area (Å²) in [4.78, 5) is 62.9. The number of carbonyl (C=O) groups is 5. The van der Waals surface area contributed by atoms with Gasteiger partial charge in [0.05, 0.1) is 5.57 Å². The van der Waals surface area contributed by atoms with E-state index in [-0.39, 0.29) is 22.9 Å². The predicted octanol–water partition coefficient (Wildman–Crippen LogP) is 0.252. The van der Waals surface area contributed by atoms with Gasteiger partial charge in [0, 0.05) is 6.92 Å². The minimum Gasteiger partial charge on any atom is -0.465 e. The number of rotatable bonds is 7. The van der Waals surface area contributed by atoms with Crippen molar-refractivity contribution < 1.29 is 43.0 Å². The van der Waals surface area contributed by atoms with Gasteiger partial charge in [-0.3, -0.25) is 19.3 Å². The van der Waals surface area contributed by atoms with Gasteiger partial charge < -0.3 is 24.5 Å². The van der Waals surface area contributed by atoms with Crippen LogP contribution in [-0.4, -0.2) is 63.6 Å². The molecule has 0 aliphatic carbocycles. The third kappa shape index (κ3) is 4.38. The summed E-state index contributed by atoms with van der Waals surface area (Å²) < 4.78 is 14.5. The van der Waals surface area contributed by atoms with E-state index in [0.29, 0.717) is 6.29 Å². The van der Waals surface area contributed by atoms with Crippen LogP contribution < -0.4 is 0 Å². The lowest BCUT2D eigenvalue weighted by molar-refractivity contribution is -0.175. The van der Waals surface area contributed by atoms with Crippen LogP contribution >= 0.6 is 11.8 Å². The van der Waals surface area contributed by atoms with Crippen molar-refractivity contribution in [3.05, 3.63) is 16.8 Å². The van der Waals surface area contributed by atoms with Gasteiger partial charge in [0.25, 0.3) is 0 Å². The maximum Gasteiger partial charge on any atom is 0.358 e. The molecule has 29 heavy (non-hydrogen) atoms. The van der Waals surface area contributed by atoms with E-state index in [1.54, 1.807) is 0 Å². The van der Waals surface area contributed by atoms with E-state index in [9.17, 15) is 29.5 Å². The molecule has 2 rings (SSSR count). The molecule has 11 nitrogen and oxygen atoms in total. The molecule has 2 atom stereocenters. The monoisotopic (exact) mass is 425 g/mol. The zero-order chi connectivity index (χ0) is 21.9. The largest absolute Gasteiger partial charge is 0.465 e. The molecule has 12 heteroatoms. The van der Waals surface area contributed by atoms with Gasteiger partial charge >= 0.3 is 23.0 Å². The highest BCUT2D eigenvalue weighted by Crippen LogP contribution is 2.44. The smallest absolute Gasteiger partial charge is 0.358 e. The van der Waals surface area contributed by atoms with Crippen molar-refractivity contribution in [3.8, 4) is 0 Å². The molecular formula is C17H19N3O8S. The number of aldehydes is 1. The Morgan fingerprint density at radius 3 is 2.48 bits per heavy atom. The lowest BCUT2D eigenvalue weighted by Crippen LogP contribution is -2.63. The van der Waals surface area contributed by atoms with E-state index in [0.717, 1.165) is 16.7 Å². The highest BCUT2D eigenvalue weighted by atomic mass is 32.2. The van der Waals surface area contributed by atoms with Gasteiger partial charge in [0.1, 0.15) is 35.3 Å². The molecule has 2 heterocycles. The van der Waals surface area contributed by atoms with Crippen molar-refractivity contribution in [1.82, 2.24) is 4.90 Å². The van der Waals surface area contributed by atoms with Crippen molar-refractivity contribution in [1.29, 1.82) is 0 Å². The maximum atomic E-state index is 12.5. The molecule has 1 fully saturated rings. The summed E-state index contributed by atoms with van der Waals surface area (Å²) >= 11 is 1.03. The second kappa shape index (κ2) is 8.58. The van der Waals surface area contributed by atoms with Crippen LogP contribution in [0.4, 0.5) is 0 Å². The topological polar surface area (TPSA) is 153 Å². The summed E-state index contributed by atoms with van der Waals surface area (Å²) in [5.74, 6) is -3.61. The van der Waals surface area contributed by atoms with Gasteiger partial charge in [-0.25, -0.2) is 4.79 Å². The molecule has 0 aromatic carbocycles. The first-order chi connectivity index (χ1) is 13.5. The van der Waals surface area contributed by atoms with Crippen molar-refractivity contribution in [2.45, 2.75) is 33.1 Å². The summed E-state index contributed by atoms with van der Waals surface area (Å²) in [6.07, 6.45) is 0.402.